The fourth-order valence-corrected chi connectivity index (χ4v) is 5.33. The van der Waals surface area contributed by atoms with Crippen LogP contribution in [0.25, 0.3) is 0 Å². The van der Waals surface area contributed by atoms with E-state index in [4.69, 9.17) is 0 Å². The van der Waals surface area contributed by atoms with Crippen molar-refractivity contribution in [3.63, 3.8) is 0 Å². The van der Waals surface area contributed by atoms with Crippen molar-refractivity contribution in [3.05, 3.63) is 0 Å². The molecule has 0 heterocycles. The molecule has 0 rings (SSSR count). The molecule has 2 unspecified atom stereocenters. The van der Waals surface area contributed by atoms with Gasteiger partial charge in [0.25, 0.3) is 0 Å². The molecule has 0 spiro atoms. The first-order chi connectivity index (χ1) is 13.1. The Morgan fingerprint density at radius 2 is 0.857 bits per heavy atom. The van der Waals surface area contributed by atoms with Crippen LogP contribution in [0.1, 0.15) is 156 Å². The molecule has 0 bridgehead atoms. The second kappa shape index (κ2) is 22.6. The van der Waals surface area contributed by atoms with Crippen molar-refractivity contribution in [3.8, 4) is 0 Å². The number of halogens is 1. The summed E-state index contributed by atoms with van der Waals surface area (Å²) in [5.41, 5.74) is 0. The molecule has 0 N–H and O–H groups in total. The first-order valence-electron chi connectivity index (χ1n) is 12.9. The minimum atomic E-state index is 0. The molecular formula is C26H56BrP. The van der Waals surface area contributed by atoms with E-state index in [1.165, 1.54) is 128 Å². The number of hydrogen-bond acceptors (Lipinski definition) is 0. The van der Waals surface area contributed by atoms with E-state index in [1.54, 1.807) is 0 Å². The lowest BCUT2D eigenvalue weighted by atomic mass is 9.77. The Hall–Kier alpha value is 0.910. The molecule has 0 aromatic heterocycles. The van der Waals surface area contributed by atoms with E-state index in [1.807, 2.05) is 0 Å². The summed E-state index contributed by atoms with van der Waals surface area (Å²) < 4.78 is 0. The van der Waals surface area contributed by atoms with Crippen LogP contribution < -0.4 is 0 Å². The highest BCUT2D eigenvalue weighted by Crippen LogP contribution is 2.43. The minimum Gasteiger partial charge on any atom is -0.131 e. The lowest BCUT2D eigenvalue weighted by Gasteiger charge is -2.39. The van der Waals surface area contributed by atoms with E-state index < -0.39 is 0 Å². The van der Waals surface area contributed by atoms with Gasteiger partial charge in [0.15, 0.2) is 0 Å². The van der Waals surface area contributed by atoms with Gasteiger partial charge in [0, 0.05) is 0 Å². The van der Waals surface area contributed by atoms with Gasteiger partial charge in [-0.15, -0.1) is 26.2 Å². The molecule has 0 saturated heterocycles. The maximum absolute atomic E-state index is 3.39. The Kier molecular flexibility index (Phi) is 25.1. The maximum atomic E-state index is 3.39. The van der Waals surface area contributed by atoms with Crippen LogP contribution >= 0.6 is 26.2 Å². The average molecular weight is 480 g/mol. The van der Waals surface area contributed by atoms with Crippen LogP contribution in [-0.4, -0.2) is 5.16 Å². The predicted molar refractivity (Wildman–Crippen MR) is 141 cm³/mol. The molecule has 2 atom stereocenters. The smallest absolute Gasteiger partial charge is 0.0122 e. The zero-order valence-corrected chi connectivity index (χ0v) is 23.1. The van der Waals surface area contributed by atoms with Crippen LogP contribution in [0, 0.1) is 5.92 Å². The van der Waals surface area contributed by atoms with Crippen molar-refractivity contribution in [2.24, 2.45) is 5.92 Å². The Bertz CT molecular complexity index is 284. The number of hydrogen-bond donors (Lipinski definition) is 0. The maximum Gasteiger partial charge on any atom is -0.0122 e. The van der Waals surface area contributed by atoms with E-state index in [9.17, 15) is 0 Å². The number of unbranched alkanes of at least 4 members (excludes halogenated alkanes) is 12. The molecule has 0 aromatic rings. The molecule has 0 amide bonds. The van der Waals surface area contributed by atoms with Gasteiger partial charge in [-0.2, -0.15) is 0 Å². The van der Waals surface area contributed by atoms with Gasteiger partial charge in [0.2, 0.25) is 0 Å². The van der Waals surface area contributed by atoms with Crippen molar-refractivity contribution >= 4 is 26.2 Å². The molecule has 0 saturated carbocycles. The van der Waals surface area contributed by atoms with E-state index in [-0.39, 0.29) is 17.0 Å². The molecule has 0 nitrogen and oxygen atoms in total. The fourth-order valence-electron chi connectivity index (χ4n) is 4.59. The third-order valence-corrected chi connectivity index (χ3v) is 7.67. The molecule has 0 aliphatic carbocycles. The van der Waals surface area contributed by atoms with Gasteiger partial charge in [0.1, 0.15) is 0 Å². The second-order valence-electron chi connectivity index (χ2n) is 9.25. The summed E-state index contributed by atoms with van der Waals surface area (Å²) in [6.07, 6.45) is 28.7. The summed E-state index contributed by atoms with van der Waals surface area (Å²) in [5.74, 6) is 0.939. The van der Waals surface area contributed by atoms with Crippen LogP contribution in [0.3, 0.4) is 0 Å². The molecule has 0 aliphatic heterocycles. The normalized spacial score (nSPS) is 12.8. The third-order valence-electron chi connectivity index (χ3n) is 6.62. The Labute approximate surface area is 193 Å². The van der Waals surface area contributed by atoms with Crippen LogP contribution in [0.2, 0.25) is 0 Å². The summed E-state index contributed by atoms with van der Waals surface area (Å²) in [5, 5.41) is 0.528. The highest BCUT2D eigenvalue weighted by Gasteiger charge is 2.32. The van der Waals surface area contributed by atoms with Crippen molar-refractivity contribution in [2.75, 3.05) is 0 Å². The van der Waals surface area contributed by atoms with Gasteiger partial charge >= 0.3 is 0 Å². The SMILES string of the molecule is Br.CCCCCCCCCCCCC(CCCC)C(P)(CCCC)CCCC. The first-order valence-corrected chi connectivity index (χ1v) is 13.5. The molecule has 0 fully saturated rings. The molecular weight excluding hydrogens is 423 g/mol. The quantitative estimate of drug-likeness (QED) is 0.113. The molecule has 0 aromatic carbocycles. The monoisotopic (exact) mass is 478 g/mol. The Morgan fingerprint density at radius 1 is 0.500 bits per heavy atom. The average Bonchev–Trinajstić information content (AvgIpc) is 2.68. The van der Waals surface area contributed by atoms with E-state index >= 15 is 0 Å². The molecule has 2 heteroatoms. The largest absolute Gasteiger partial charge is 0.131 e. The van der Waals surface area contributed by atoms with E-state index in [0.717, 1.165) is 5.92 Å². The number of rotatable bonds is 21. The standard InChI is InChI=1S/C26H55P.BrH/c1-5-9-13-14-15-16-17-18-19-20-22-25(21-10-6-2)26(27,23-11-7-3)24-12-8-4;/h25H,5-24,27H2,1-4H3;1H. The van der Waals surface area contributed by atoms with Crippen molar-refractivity contribution in [1.82, 2.24) is 0 Å². The van der Waals surface area contributed by atoms with Gasteiger partial charge in [-0.1, -0.05) is 130 Å². The van der Waals surface area contributed by atoms with Crippen LogP contribution in [0.4, 0.5) is 0 Å². The van der Waals surface area contributed by atoms with Gasteiger partial charge in [-0.05, 0) is 36.8 Å². The predicted octanol–water partition coefficient (Wildman–Crippen LogP) is 10.7. The lowest BCUT2D eigenvalue weighted by molar-refractivity contribution is 0.274. The van der Waals surface area contributed by atoms with Crippen LogP contribution in [0.5, 0.6) is 0 Å². The highest BCUT2D eigenvalue weighted by molar-refractivity contribution is 8.93. The van der Waals surface area contributed by atoms with Crippen molar-refractivity contribution in [2.45, 2.75) is 161 Å². The third kappa shape index (κ3) is 16.7. The summed E-state index contributed by atoms with van der Waals surface area (Å²) in [6.45, 7) is 9.38. The molecule has 0 radical (unpaired) electrons. The van der Waals surface area contributed by atoms with Gasteiger partial charge in [-0.25, -0.2) is 0 Å². The van der Waals surface area contributed by atoms with Crippen LogP contribution in [0.15, 0.2) is 0 Å². The second-order valence-corrected chi connectivity index (χ2v) is 10.4. The zero-order chi connectivity index (χ0) is 20.2. The minimum absolute atomic E-state index is 0. The summed E-state index contributed by atoms with van der Waals surface area (Å²) in [4.78, 5) is 0. The Morgan fingerprint density at radius 3 is 1.29 bits per heavy atom. The highest BCUT2D eigenvalue weighted by atomic mass is 79.9. The van der Waals surface area contributed by atoms with E-state index in [0.29, 0.717) is 5.16 Å². The molecule has 172 valence electrons. The van der Waals surface area contributed by atoms with Gasteiger partial charge in [-0.3, -0.25) is 0 Å². The van der Waals surface area contributed by atoms with Gasteiger partial charge < -0.3 is 0 Å². The lowest BCUT2D eigenvalue weighted by Crippen LogP contribution is -2.32. The summed E-state index contributed by atoms with van der Waals surface area (Å²) in [7, 11) is 3.39. The fraction of sp³-hybridized carbons (Fsp3) is 1.00. The van der Waals surface area contributed by atoms with Crippen molar-refractivity contribution < 1.29 is 0 Å². The Balaban J connectivity index is 0. The topological polar surface area (TPSA) is 0 Å². The van der Waals surface area contributed by atoms with Gasteiger partial charge in [0.05, 0.1) is 0 Å². The van der Waals surface area contributed by atoms with E-state index in [2.05, 4.69) is 36.9 Å². The zero-order valence-electron chi connectivity index (χ0n) is 20.2. The molecule has 28 heavy (non-hydrogen) atoms. The summed E-state index contributed by atoms with van der Waals surface area (Å²) in [6, 6.07) is 0. The molecule has 0 aliphatic rings. The summed E-state index contributed by atoms with van der Waals surface area (Å²) >= 11 is 0. The van der Waals surface area contributed by atoms with Crippen LogP contribution in [-0.2, 0) is 0 Å². The van der Waals surface area contributed by atoms with Crippen molar-refractivity contribution in [1.29, 1.82) is 0 Å². The first kappa shape index (κ1) is 31.1.